The first-order valence-electron chi connectivity index (χ1n) is 6.16. The van der Waals surface area contributed by atoms with Gasteiger partial charge in [0, 0.05) is 16.7 Å². The minimum atomic E-state index is -0.466. The van der Waals surface area contributed by atoms with E-state index in [1.807, 2.05) is 12.1 Å². The maximum atomic E-state index is 11.8. The highest BCUT2D eigenvalue weighted by atomic mass is 79.9. The van der Waals surface area contributed by atoms with Crippen molar-refractivity contribution in [1.82, 2.24) is 10.3 Å². The molecule has 98 valence electrons. The Morgan fingerprint density at radius 1 is 1.50 bits per heavy atom. The van der Waals surface area contributed by atoms with Crippen molar-refractivity contribution in [3.8, 4) is 0 Å². The monoisotopic (exact) mass is 312 g/mol. The van der Waals surface area contributed by atoms with Crippen molar-refractivity contribution in [3.63, 3.8) is 0 Å². The molecule has 4 nitrogen and oxygen atoms in total. The van der Waals surface area contributed by atoms with E-state index in [1.54, 1.807) is 6.20 Å². The highest BCUT2D eigenvalue weighted by molar-refractivity contribution is 9.10. The molecule has 0 spiro atoms. The molecule has 1 N–H and O–H groups in total. The summed E-state index contributed by atoms with van der Waals surface area (Å²) >= 11 is 3.34. The van der Waals surface area contributed by atoms with Crippen LogP contribution in [0.3, 0.4) is 0 Å². The Hall–Kier alpha value is -0.940. The van der Waals surface area contributed by atoms with Crippen LogP contribution in [-0.2, 0) is 9.53 Å². The van der Waals surface area contributed by atoms with E-state index in [4.69, 9.17) is 4.74 Å². The van der Waals surface area contributed by atoms with E-state index in [0.717, 1.165) is 17.3 Å². The lowest BCUT2D eigenvalue weighted by molar-refractivity contribution is -0.143. The standard InChI is InChI=1S/C13H17BrN2O2/c1-18-13(17)12(16-10-4-2-3-5-10)11-7-6-9(14)8-15-11/h6-8,10,12,16H,2-5H2,1H3. The number of esters is 1. The van der Waals surface area contributed by atoms with Crippen LogP contribution in [-0.4, -0.2) is 24.1 Å². The number of halogens is 1. The molecule has 0 bridgehead atoms. The number of carbonyl (C=O) groups is 1. The molecule has 1 unspecified atom stereocenters. The highest BCUT2D eigenvalue weighted by Gasteiger charge is 2.27. The van der Waals surface area contributed by atoms with Gasteiger partial charge in [-0.1, -0.05) is 12.8 Å². The van der Waals surface area contributed by atoms with Crippen LogP contribution in [0.25, 0.3) is 0 Å². The lowest BCUT2D eigenvalue weighted by Crippen LogP contribution is -2.36. The summed E-state index contributed by atoms with van der Waals surface area (Å²) in [5, 5.41) is 3.35. The van der Waals surface area contributed by atoms with Gasteiger partial charge in [0.15, 0.2) is 0 Å². The molecule has 0 aliphatic heterocycles. The molecule has 2 rings (SSSR count). The number of carbonyl (C=O) groups excluding carboxylic acids is 1. The summed E-state index contributed by atoms with van der Waals surface area (Å²) in [5.74, 6) is -0.281. The van der Waals surface area contributed by atoms with E-state index in [1.165, 1.54) is 20.0 Å². The van der Waals surface area contributed by atoms with E-state index in [2.05, 4.69) is 26.2 Å². The van der Waals surface area contributed by atoms with Crippen LogP contribution in [0.1, 0.15) is 37.4 Å². The zero-order valence-electron chi connectivity index (χ0n) is 10.4. The lowest BCUT2D eigenvalue weighted by atomic mass is 10.1. The largest absolute Gasteiger partial charge is 0.468 e. The van der Waals surface area contributed by atoms with Crippen LogP contribution >= 0.6 is 15.9 Å². The summed E-state index contributed by atoms with van der Waals surface area (Å²) in [7, 11) is 1.41. The lowest BCUT2D eigenvalue weighted by Gasteiger charge is -2.20. The third kappa shape index (κ3) is 3.29. The summed E-state index contributed by atoms with van der Waals surface area (Å²) < 4.78 is 5.75. The van der Waals surface area contributed by atoms with E-state index in [0.29, 0.717) is 11.7 Å². The molecule has 5 heteroatoms. The van der Waals surface area contributed by atoms with Crippen LogP contribution in [0, 0.1) is 0 Å². The normalized spacial score (nSPS) is 17.7. The average Bonchev–Trinajstić information content (AvgIpc) is 2.89. The SMILES string of the molecule is COC(=O)C(NC1CCCC1)c1ccc(Br)cn1. The molecule has 1 aliphatic rings. The molecule has 1 heterocycles. The zero-order valence-corrected chi connectivity index (χ0v) is 11.9. The first-order chi connectivity index (χ1) is 8.70. The van der Waals surface area contributed by atoms with Crippen molar-refractivity contribution in [2.45, 2.75) is 37.8 Å². The molecule has 1 saturated carbocycles. The molecule has 0 radical (unpaired) electrons. The van der Waals surface area contributed by atoms with E-state index >= 15 is 0 Å². The molecule has 0 amide bonds. The average molecular weight is 313 g/mol. The van der Waals surface area contributed by atoms with Gasteiger partial charge in [0.1, 0.15) is 6.04 Å². The summed E-state index contributed by atoms with van der Waals surface area (Å²) in [4.78, 5) is 16.1. The molecule has 1 aromatic rings. The molecule has 1 aliphatic carbocycles. The van der Waals surface area contributed by atoms with Gasteiger partial charge in [-0.2, -0.15) is 0 Å². The zero-order chi connectivity index (χ0) is 13.0. The maximum Gasteiger partial charge on any atom is 0.329 e. The minimum Gasteiger partial charge on any atom is -0.468 e. The van der Waals surface area contributed by atoms with Crippen molar-refractivity contribution in [2.24, 2.45) is 0 Å². The van der Waals surface area contributed by atoms with Crippen LogP contribution < -0.4 is 5.32 Å². The Morgan fingerprint density at radius 2 is 2.22 bits per heavy atom. The van der Waals surface area contributed by atoms with E-state index < -0.39 is 6.04 Å². The van der Waals surface area contributed by atoms with Gasteiger partial charge in [-0.25, -0.2) is 4.79 Å². The van der Waals surface area contributed by atoms with Crippen molar-refractivity contribution in [2.75, 3.05) is 7.11 Å². The van der Waals surface area contributed by atoms with Crippen molar-refractivity contribution < 1.29 is 9.53 Å². The maximum absolute atomic E-state index is 11.8. The van der Waals surface area contributed by atoms with Crippen LogP contribution in [0.2, 0.25) is 0 Å². The molecule has 1 aromatic heterocycles. The third-order valence-corrected chi connectivity index (χ3v) is 3.71. The number of pyridine rings is 1. The van der Waals surface area contributed by atoms with E-state index in [9.17, 15) is 4.79 Å². The van der Waals surface area contributed by atoms with E-state index in [-0.39, 0.29) is 5.97 Å². The van der Waals surface area contributed by atoms with Gasteiger partial charge in [0.05, 0.1) is 12.8 Å². The molecular formula is C13H17BrN2O2. The Labute approximate surface area is 115 Å². The Kier molecular flexibility index (Phi) is 4.72. The van der Waals surface area contributed by atoms with Gasteiger partial charge < -0.3 is 4.74 Å². The van der Waals surface area contributed by atoms with Crippen molar-refractivity contribution >= 4 is 21.9 Å². The second kappa shape index (κ2) is 6.29. The number of rotatable bonds is 4. The summed E-state index contributed by atoms with van der Waals surface area (Å²) in [6.07, 6.45) is 6.37. The predicted octanol–water partition coefficient (Wildman–Crippen LogP) is 2.59. The molecule has 0 aromatic carbocycles. The highest BCUT2D eigenvalue weighted by Crippen LogP contribution is 2.22. The molecule has 1 atom stereocenters. The van der Waals surface area contributed by atoms with Crippen LogP contribution in [0.15, 0.2) is 22.8 Å². The first-order valence-corrected chi connectivity index (χ1v) is 6.95. The smallest absolute Gasteiger partial charge is 0.329 e. The number of nitrogens with zero attached hydrogens (tertiary/aromatic N) is 1. The summed E-state index contributed by atoms with van der Waals surface area (Å²) in [6, 6.07) is 3.65. The minimum absolute atomic E-state index is 0.281. The topological polar surface area (TPSA) is 51.2 Å². The predicted molar refractivity (Wildman–Crippen MR) is 72.1 cm³/mol. The van der Waals surface area contributed by atoms with Gasteiger partial charge in [-0.3, -0.25) is 10.3 Å². The fourth-order valence-corrected chi connectivity index (χ4v) is 2.51. The number of hydrogen-bond acceptors (Lipinski definition) is 4. The molecular weight excluding hydrogens is 296 g/mol. The third-order valence-electron chi connectivity index (χ3n) is 3.24. The van der Waals surface area contributed by atoms with Gasteiger partial charge >= 0.3 is 5.97 Å². The second-order valence-electron chi connectivity index (χ2n) is 4.51. The molecule has 18 heavy (non-hydrogen) atoms. The number of hydrogen-bond donors (Lipinski definition) is 1. The second-order valence-corrected chi connectivity index (χ2v) is 5.42. The van der Waals surface area contributed by atoms with Gasteiger partial charge in [-0.15, -0.1) is 0 Å². The van der Waals surface area contributed by atoms with Crippen LogP contribution in [0.4, 0.5) is 0 Å². The van der Waals surface area contributed by atoms with Crippen molar-refractivity contribution in [1.29, 1.82) is 0 Å². The quantitative estimate of drug-likeness (QED) is 0.868. The molecule has 1 fully saturated rings. The first kappa shape index (κ1) is 13.5. The van der Waals surface area contributed by atoms with Gasteiger partial charge in [0.2, 0.25) is 0 Å². The fraction of sp³-hybridized carbons (Fsp3) is 0.538. The van der Waals surface area contributed by atoms with Crippen molar-refractivity contribution in [3.05, 3.63) is 28.5 Å². The summed E-state index contributed by atoms with van der Waals surface area (Å²) in [5.41, 5.74) is 0.706. The van der Waals surface area contributed by atoms with Gasteiger partial charge in [-0.05, 0) is 40.9 Å². The number of nitrogens with one attached hydrogen (secondary N) is 1. The Bertz CT molecular complexity index is 402. The number of aromatic nitrogens is 1. The Balaban J connectivity index is 2.13. The number of ether oxygens (including phenoxy) is 1. The Morgan fingerprint density at radius 3 is 2.78 bits per heavy atom. The van der Waals surface area contributed by atoms with Gasteiger partial charge in [0.25, 0.3) is 0 Å². The van der Waals surface area contributed by atoms with Crippen LogP contribution in [0.5, 0.6) is 0 Å². The summed E-state index contributed by atoms with van der Waals surface area (Å²) in [6.45, 7) is 0. The fourth-order valence-electron chi connectivity index (χ4n) is 2.28. The number of methoxy groups -OCH3 is 1. The molecule has 0 saturated heterocycles.